The van der Waals surface area contributed by atoms with Crippen LogP contribution in [0.1, 0.15) is 62.4 Å². The van der Waals surface area contributed by atoms with Crippen LogP contribution in [0.15, 0.2) is 48.6 Å². The van der Waals surface area contributed by atoms with Gasteiger partial charge < -0.3 is 10.0 Å². The lowest BCUT2D eigenvalue weighted by Crippen LogP contribution is -2.35. The molecule has 30 heavy (non-hydrogen) atoms. The van der Waals surface area contributed by atoms with Crippen molar-refractivity contribution in [2.45, 2.75) is 51.9 Å². The first-order valence-corrected chi connectivity index (χ1v) is 10.5. The molecule has 0 bridgehead atoms. The van der Waals surface area contributed by atoms with E-state index in [0.717, 1.165) is 23.2 Å². The monoisotopic (exact) mass is 403 g/mol. The fourth-order valence-electron chi connectivity index (χ4n) is 3.99. The minimum atomic E-state index is -0.888. The maximum Gasteiger partial charge on any atom is 0.336 e. The number of hydrogen-bond acceptors (Lipinski definition) is 2. The molecule has 2 aromatic rings. The van der Waals surface area contributed by atoms with E-state index in [0.29, 0.717) is 5.57 Å². The van der Waals surface area contributed by atoms with E-state index in [4.69, 9.17) is 0 Å². The molecule has 0 amide bonds. The Balaban J connectivity index is 2.01. The van der Waals surface area contributed by atoms with Gasteiger partial charge in [-0.1, -0.05) is 71.0 Å². The number of rotatable bonds is 5. The number of anilines is 1. The minimum Gasteiger partial charge on any atom is -0.478 e. The second-order valence-corrected chi connectivity index (χ2v) is 10.1. The van der Waals surface area contributed by atoms with Gasteiger partial charge in [0.15, 0.2) is 0 Å². The maximum absolute atomic E-state index is 12.2. The standard InChI is InChI=1S/C27H33NO2/c1-26(2,3)19-15-22(23-17-27(4,5)24(23)16-19)21(25(29)30)10-8-9-18-11-13-20(14-12-18)28(6)7/h8-16H,17H2,1-7H3,(H,29,30)/b9-8+,21-10+. The molecule has 0 unspecified atom stereocenters. The van der Waals surface area contributed by atoms with E-state index in [1.165, 1.54) is 16.7 Å². The molecule has 2 aromatic carbocycles. The van der Waals surface area contributed by atoms with Gasteiger partial charge in [0.25, 0.3) is 0 Å². The zero-order valence-corrected chi connectivity index (χ0v) is 19.2. The number of fused-ring (bicyclic) bond motifs is 1. The summed E-state index contributed by atoms with van der Waals surface area (Å²) in [5.41, 5.74) is 7.08. The highest BCUT2D eigenvalue weighted by molar-refractivity contribution is 6.16. The molecule has 0 spiro atoms. The molecule has 1 aliphatic carbocycles. The minimum absolute atomic E-state index is 0.0386. The number of allylic oxidation sites excluding steroid dienone is 2. The summed E-state index contributed by atoms with van der Waals surface area (Å²) in [5.74, 6) is -0.888. The summed E-state index contributed by atoms with van der Waals surface area (Å²) in [6.45, 7) is 11.0. The van der Waals surface area contributed by atoms with E-state index >= 15 is 0 Å². The summed E-state index contributed by atoms with van der Waals surface area (Å²) in [5, 5.41) is 9.98. The van der Waals surface area contributed by atoms with Crippen molar-refractivity contribution < 1.29 is 9.90 Å². The molecular weight excluding hydrogens is 370 g/mol. The molecular formula is C27H33NO2. The van der Waals surface area contributed by atoms with Crippen LogP contribution in [0.25, 0.3) is 11.6 Å². The van der Waals surface area contributed by atoms with E-state index in [2.05, 4.69) is 63.8 Å². The van der Waals surface area contributed by atoms with E-state index < -0.39 is 5.97 Å². The normalized spacial score (nSPS) is 15.6. The summed E-state index contributed by atoms with van der Waals surface area (Å²) in [6.07, 6.45) is 6.43. The number of carbonyl (C=O) groups is 1. The fraction of sp³-hybridized carbons (Fsp3) is 0.370. The molecule has 0 fully saturated rings. The Labute approximate surface area is 180 Å². The Morgan fingerprint density at radius 2 is 1.73 bits per heavy atom. The first-order valence-electron chi connectivity index (χ1n) is 10.5. The average Bonchev–Trinajstić information content (AvgIpc) is 2.64. The lowest BCUT2D eigenvalue weighted by Gasteiger charge is -2.41. The van der Waals surface area contributed by atoms with Crippen molar-refractivity contribution in [2.75, 3.05) is 19.0 Å². The molecule has 1 N–H and O–H groups in total. The fourth-order valence-corrected chi connectivity index (χ4v) is 3.99. The first-order chi connectivity index (χ1) is 13.9. The molecule has 3 heteroatoms. The number of aliphatic carboxylic acids is 1. The Hall–Kier alpha value is -2.81. The van der Waals surface area contributed by atoms with Crippen molar-refractivity contribution in [1.82, 2.24) is 0 Å². The van der Waals surface area contributed by atoms with Gasteiger partial charge in [0.1, 0.15) is 0 Å². The van der Waals surface area contributed by atoms with Gasteiger partial charge in [-0.25, -0.2) is 4.79 Å². The quantitative estimate of drug-likeness (QED) is 0.487. The summed E-state index contributed by atoms with van der Waals surface area (Å²) >= 11 is 0. The summed E-state index contributed by atoms with van der Waals surface area (Å²) in [7, 11) is 4.02. The van der Waals surface area contributed by atoms with Gasteiger partial charge in [-0.2, -0.15) is 0 Å². The van der Waals surface area contributed by atoms with Crippen LogP contribution in [-0.2, 0) is 22.0 Å². The maximum atomic E-state index is 12.2. The molecule has 1 aliphatic rings. The van der Waals surface area contributed by atoms with E-state index in [9.17, 15) is 9.90 Å². The average molecular weight is 404 g/mol. The van der Waals surface area contributed by atoms with Crippen LogP contribution < -0.4 is 4.90 Å². The van der Waals surface area contributed by atoms with Crippen LogP contribution >= 0.6 is 0 Å². The number of carboxylic acids is 1. The van der Waals surface area contributed by atoms with Crippen molar-refractivity contribution in [2.24, 2.45) is 0 Å². The predicted octanol–water partition coefficient (Wildman–Crippen LogP) is 6.07. The first kappa shape index (κ1) is 21.9. The summed E-state index contributed by atoms with van der Waals surface area (Å²) in [4.78, 5) is 14.2. The molecule has 3 rings (SSSR count). The number of carboxylic acid groups (broad SMARTS) is 1. The van der Waals surface area contributed by atoms with Crippen molar-refractivity contribution >= 4 is 23.3 Å². The van der Waals surface area contributed by atoms with Gasteiger partial charge in [0.05, 0.1) is 5.57 Å². The molecule has 0 radical (unpaired) electrons. The zero-order chi connectivity index (χ0) is 22.3. The largest absolute Gasteiger partial charge is 0.478 e. The van der Waals surface area contributed by atoms with Crippen LogP contribution in [0.2, 0.25) is 0 Å². The molecule has 0 heterocycles. The molecule has 0 aromatic heterocycles. The Kier molecular flexibility index (Phi) is 5.68. The van der Waals surface area contributed by atoms with Crippen molar-refractivity contribution in [1.29, 1.82) is 0 Å². The zero-order valence-electron chi connectivity index (χ0n) is 19.2. The van der Waals surface area contributed by atoms with Crippen LogP contribution in [-0.4, -0.2) is 25.2 Å². The predicted molar refractivity (Wildman–Crippen MR) is 127 cm³/mol. The summed E-state index contributed by atoms with van der Waals surface area (Å²) in [6, 6.07) is 12.5. The SMILES string of the molecule is CN(C)c1ccc(/C=C/C=C(/C(=O)O)c2cc(C(C)(C)C)cc3c2CC3(C)C)cc1. The highest BCUT2D eigenvalue weighted by Crippen LogP contribution is 2.46. The molecule has 158 valence electrons. The molecule has 0 aliphatic heterocycles. The second-order valence-electron chi connectivity index (χ2n) is 10.1. The Bertz CT molecular complexity index is 1020. The Morgan fingerprint density at radius 3 is 2.23 bits per heavy atom. The smallest absolute Gasteiger partial charge is 0.336 e. The van der Waals surface area contributed by atoms with Gasteiger partial charge in [-0.15, -0.1) is 0 Å². The van der Waals surface area contributed by atoms with Crippen molar-refractivity contribution in [3.63, 3.8) is 0 Å². The molecule has 3 nitrogen and oxygen atoms in total. The van der Waals surface area contributed by atoms with Crippen LogP contribution in [0.4, 0.5) is 5.69 Å². The third-order valence-corrected chi connectivity index (χ3v) is 5.95. The highest BCUT2D eigenvalue weighted by atomic mass is 16.4. The second kappa shape index (κ2) is 7.79. The number of hydrogen-bond donors (Lipinski definition) is 1. The van der Waals surface area contributed by atoms with E-state index in [1.54, 1.807) is 6.08 Å². The van der Waals surface area contributed by atoms with Crippen molar-refractivity contribution in [3.05, 3.63) is 76.4 Å². The summed E-state index contributed by atoms with van der Waals surface area (Å²) < 4.78 is 0. The lowest BCUT2D eigenvalue weighted by atomic mass is 9.63. The number of benzene rings is 2. The van der Waals surface area contributed by atoms with Crippen molar-refractivity contribution in [3.8, 4) is 0 Å². The van der Waals surface area contributed by atoms with E-state index in [-0.39, 0.29) is 10.8 Å². The molecule has 0 saturated heterocycles. The topological polar surface area (TPSA) is 40.5 Å². The van der Waals surface area contributed by atoms with Gasteiger partial charge in [-0.05, 0) is 63.3 Å². The van der Waals surface area contributed by atoms with Gasteiger partial charge in [0.2, 0.25) is 0 Å². The lowest BCUT2D eigenvalue weighted by molar-refractivity contribution is -0.130. The number of nitrogens with zero attached hydrogens (tertiary/aromatic N) is 1. The van der Waals surface area contributed by atoms with Gasteiger partial charge in [-0.3, -0.25) is 0 Å². The van der Waals surface area contributed by atoms with Crippen LogP contribution in [0.5, 0.6) is 0 Å². The third-order valence-electron chi connectivity index (χ3n) is 5.95. The van der Waals surface area contributed by atoms with Gasteiger partial charge in [0, 0.05) is 19.8 Å². The third kappa shape index (κ3) is 4.35. The molecule has 0 atom stereocenters. The van der Waals surface area contributed by atoms with Gasteiger partial charge >= 0.3 is 5.97 Å². The Morgan fingerprint density at radius 1 is 1.10 bits per heavy atom. The van der Waals surface area contributed by atoms with Crippen LogP contribution in [0, 0.1) is 0 Å². The van der Waals surface area contributed by atoms with Crippen LogP contribution in [0.3, 0.4) is 0 Å². The van der Waals surface area contributed by atoms with E-state index in [1.807, 2.05) is 38.4 Å². The highest BCUT2D eigenvalue weighted by Gasteiger charge is 2.38. The molecule has 0 saturated carbocycles.